The van der Waals surface area contributed by atoms with Crippen LogP contribution >= 0.6 is 0 Å². The number of rotatable bonds is 5. The minimum atomic E-state index is -1.06. The van der Waals surface area contributed by atoms with Crippen LogP contribution in [0.4, 0.5) is 5.88 Å². The Morgan fingerprint density at radius 3 is 2.65 bits per heavy atom. The molecular formula is C11H9N3O6. The van der Waals surface area contributed by atoms with Gasteiger partial charge in [0, 0.05) is 5.70 Å². The first-order valence-corrected chi connectivity index (χ1v) is 5.17. The third-order valence-electron chi connectivity index (χ3n) is 2.09. The molecule has 0 saturated carbocycles. The van der Waals surface area contributed by atoms with Crippen molar-refractivity contribution in [2.24, 2.45) is 5.73 Å². The van der Waals surface area contributed by atoms with Crippen LogP contribution in [0.5, 0.6) is 0 Å². The van der Waals surface area contributed by atoms with E-state index in [2.05, 4.69) is 9.15 Å². The normalized spacial score (nSPS) is 11.2. The summed E-state index contributed by atoms with van der Waals surface area (Å²) in [6.45, 7) is 0.638. The Kier molecular flexibility index (Phi) is 4.58. The van der Waals surface area contributed by atoms with Crippen LogP contribution in [-0.4, -0.2) is 23.3 Å². The van der Waals surface area contributed by atoms with E-state index in [1.54, 1.807) is 6.07 Å². The second-order valence-electron chi connectivity index (χ2n) is 3.56. The summed E-state index contributed by atoms with van der Waals surface area (Å²) in [4.78, 5) is 32.5. The molecule has 104 valence electrons. The highest BCUT2D eigenvalue weighted by molar-refractivity contribution is 6.01. The summed E-state index contributed by atoms with van der Waals surface area (Å²) in [5.41, 5.74) is 4.99. The van der Waals surface area contributed by atoms with E-state index in [1.807, 2.05) is 0 Å². The molecule has 0 radical (unpaired) electrons. The molecular weight excluding hydrogens is 270 g/mol. The number of hydrogen-bond acceptors (Lipinski definition) is 8. The first-order chi connectivity index (χ1) is 9.36. The Morgan fingerprint density at radius 1 is 1.55 bits per heavy atom. The Balaban J connectivity index is 2.68. The number of nitriles is 1. The van der Waals surface area contributed by atoms with Crippen molar-refractivity contribution in [3.05, 3.63) is 39.3 Å². The summed E-state index contributed by atoms with van der Waals surface area (Å²) < 4.78 is 9.16. The maximum Gasteiger partial charge on any atom is 0.433 e. The van der Waals surface area contributed by atoms with Crippen LogP contribution in [0.1, 0.15) is 17.5 Å². The Hall–Kier alpha value is -3.15. The fourth-order valence-corrected chi connectivity index (χ4v) is 1.18. The van der Waals surface area contributed by atoms with E-state index in [0.29, 0.717) is 0 Å². The average Bonchev–Trinajstić information content (AvgIpc) is 2.86. The molecule has 0 aliphatic carbocycles. The summed E-state index contributed by atoms with van der Waals surface area (Å²) in [7, 11) is 0. The summed E-state index contributed by atoms with van der Waals surface area (Å²) in [6, 6.07) is 3.60. The van der Waals surface area contributed by atoms with Gasteiger partial charge in [0.2, 0.25) is 11.5 Å². The number of esters is 1. The van der Waals surface area contributed by atoms with E-state index in [9.17, 15) is 19.7 Å². The SMILES string of the molecule is C/C(N)=C(\C#N)C(=O)COC(=O)c1ccc([N+](=O)[O-])o1. The Labute approximate surface area is 112 Å². The van der Waals surface area contributed by atoms with E-state index in [-0.39, 0.29) is 11.3 Å². The monoisotopic (exact) mass is 279 g/mol. The zero-order chi connectivity index (χ0) is 15.3. The van der Waals surface area contributed by atoms with Gasteiger partial charge in [-0.15, -0.1) is 0 Å². The molecule has 0 aliphatic rings. The number of nitrogens with zero attached hydrogens (tertiary/aromatic N) is 2. The van der Waals surface area contributed by atoms with Crippen LogP contribution in [0.25, 0.3) is 0 Å². The van der Waals surface area contributed by atoms with Gasteiger partial charge in [-0.2, -0.15) is 5.26 Å². The summed E-state index contributed by atoms with van der Waals surface area (Å²) in [5.74, 6) is -2.88. The third-order valence-corrected chi connectivity index (χ3v) is 2.09. The number of Topliss-reactive ketones (excluding diaryl/α,β-unsaturated/α-hetero) is 1. The minimum Gasteiger partial charge on any atom is -0.451 e. The van der Waals surface area contributed by atoms with Crippen molar-refractivity contribution >= 4 is 17.6 Å². The van der Waals surface area contributed by atoms with Gasteiger partial charge in [-0.25, -0.2) is 4.79 Å². The maximum absolute atomic E-state index is 11.5. The van der Waals surface area contributed by atoms with E-state index in [1.165, 1.54) is 6.92 Å². The van der Waals surface area contributed by atoms with E-state index in [0.717, 1.165) is 12.1 Å². The molecule has 0 amide bonds. The number of furan rings is 1. The second-order valence-corrected chi connectivity index (χ2v) is 3.56. The first-order valence-electron chi connectivity index (χ1n) is 5.17. The number of allylic oxidation sites excluding steroid dienone is 1. The van der Waals surface area contributed by atoms with Gasteiger partial charge in [0.1, 0.15) is 16.6 Å². The molecule has 0 aromatic carbocycles. The number of ketones is 1. The Morgan fingerprint density at radius 2 is 2.20 bits per heavy atom. The quantitative estimate of drug-likeness (QED) is 0.271. The molecule has 0 unspecified atom stereocenters. The van der Waals surface area contributed by atoms with Gasteiger partial charge in [-0.1, -0.05) is 0 Å². The van der Waals surface area contributed by atoms with Crippen LogP contribution in [0.15, 0.2) is 27.8 Å². The Bertz CT molecular complexity index is 633. The average molecular weight is 279 g/mol. The predicted molar refractivity (Wildman–Crippen MR) is 63.2 cm³/mol. The molecule has 0 spiro atoms. The van der Waals surface area contributed by atoms with Gasteiger partial charge in [0.05, 0.1) is 6.07 Å². The van der Waals surface area contributed by atoms with Crippen molar-refractivity contribution in [2.45, 2.75) is 6.92 Å². The lowest BCUT2D eigenvalue weighted by atomic mass is 10.1. The van der Waals surface area contributed by atoms with Crippen molar-refractivity contribution in [3.8, 4) is 6.07 Å². The molecule has 9 nitrogen and oxygen atoms in total. The van der Waals surface area contributed by atoms with Gasteiger partial charge >= 0.3 is 11.9 Å². The number of nitro groups is 1. The molecule has 0 aliphatic heterocycles. The molecule has 1 heterocycles. The first kappa shape index (κ1) is 14.9. The number of carbonyl (C=O) groups is 2. The van der Waals surface area contributed by atoms with Crippen molar-refractivity contribution in [1.29, 1.82) is 5.26 Å². The molecule has 2 N–H and O–H groups in total. The molecule has 9 heteroatoms. The highest BCUT2D eigenvalue weighted by atomic mass is 16.7. The zero-order valence-corrected chi connectivity index (χ0v) is 10.3. The highest BCUT2D eigenvalue weighted by Crippen LogP contribution is 2.16. The molecule has 20 heavy (non-hydrogen) atoms. The molecule has 0 saturated heterocycles. The molecule has 0 atom stereocenters. The van der Waals surface area contributed by atoms with E-state index >= 15 is 0 Å². The lowest BCUT2D eigenvalue weighted by Gasteiger charge is -2.02. The second kappa shape index (κ2) is 6.14. The maximum atomic E-state index is 11.5. The van der Waals surface area contributed by atoms with Crippen molar-refractivity contribution in [1.82, 2.24) is 0 Å². The van der Waals surface area contributed by atoms with Gasteiger partial charge in [0.15, 0.2) is 6.61 Å². The number of carbonyl (C=O) groups excluding carboxylic acids is 2. The van der Waals surface area contributed by atoms with Crippen LogP contribution < -0.4 is 5.73 Å². The van der Waals surface area contributed by atoms with Crippen molar-refractivity contribution in [3.63, 3.8) is 0 Å². The summed E-state index contributed by atoms with van der Waals surface area (Å²) >= 11 is 0. The van der Waals surface area contributed by atoms with Gasteiger partial charge in [-0.05, 0) is 13.0 Å². The highest BCUT2D eigenvalue weighted by Gasteiger charge is 2.20. The standard InChI is InChI=1S/C11H9N3O6/c1-6(13)7(4-12)8(15)5-19-11(16)9-2-3-10(20-9)14(17)18/h2-3H,5,13H2,1H3/b7-6-. The summed E-state index contributed by atoms with van der Waals surface area (Å²) in [5, 5.41) is 19.0. The largest absolute Gasteiger partial charge is 0.451 e. The smallest absolute Gasteiger partial charge is 0.433 e. The topological polar surface area (TPSA) is 149 Å². The molecule has 1 aromatic rings. The molecule has 0 bridgehead atoms. The fourth-order valence-electron chi connectivity index (χ4n) is 1.18. The lowest BCUT2D eigenvalue weighted by Crippen LogP contribution is -2.17. The minimum absolute atomic E-state index is 0.00202. The molecule has 0 fully saturated rings. The van der Waals surface area contributed by atoms with Gasteiger partial charge < -0.3 is 14.9 Å². The number of nitrogens with two attached hydrogens (primary N) is 1. The van der Waals surface area contributed by atoms with Crippen molar-refractivity contribution < 1.29 is 23.7 Å². The number of hydrogen-bond donors (Lipinski definition) is 1. The van der Waals surface area contributed by atoms with Gasteiger partial charge in [0.25, 0.3) is 0 Å². The fraction of sp³-hybridized carbons (Fsp3) is 0.182. The van der Waals surface area contributed by atoms with Crippen molar-refractivity contribution in [2.75, 3.05) is 6.61 Å². The van der Waals surface area contributed by atoms with Crippen LogP contribution in [0.3, 0.4) is 0 Å². The molecule has 1 rings (SSSR count). The van der Waals surface area contributed by atoms with E-state index in [4.69, 9.17) is 11.0 Å². The van der Waals surface area contributed by atoms with E-state index < -0.39 is 34.9 Å². The lowest BCUT2D eigenvalue weighted by molar-refractivity contribution is -0.402. The summed E-state index contributed by atoms with van der Waals surface area (Å²) in [6.07, 6.45) is 0. The third kappa shape index (κ3) is 3.42. The zero-order valence-electron chi connectivity index (χ0n) is 10.3. The van der Waals surface area contributed by atoms with Gasteiger partial charge in [-0.3, -0.25) is 14.9 Å². The van der Waals surface area contributed by atoms with Crippen LogP contribution in [0.2, 0.25) is 0 Å². The van der Waals surface area contributed by atoms with Crippen LogP contribution in [0, 0.1) is 21.4 Å². The molecule has 1 aromatic heterocycles. The predicted octanol–water partition coefficient (Wildman–Crippen LogP) is 0.670. The number of ether oxygens (including phenoxy) is 1. The van der Waals surface area contributed by atoms with Crippen LogP contribution in [-0.2, 0) is 9.53 Å².